The zero-order valence-corrected chi connectivity index (χ0v) is 8.32. The molecule has 0 saturated heterocycles. The summed E-state index contributed by atoms with van der Waals surface area (Å²) in [6, 6.07) is 2.41. The fraction of sp³-hybridized carbons (Fsp3) is 0.667. The van der Waals surface area contributed by atoms with E-state index in [0.29, 0.717) is 6.04 Å². The molecule has 0 bridgehead atoms. The molecule has 72 valence electrons. The molecule has 0 spiro atoms. The smallest absolute Gasteiger partial charge is 0.212 e. The van der Waals surface area contributed by atoms with Gasteiger partial charge in [-0.25, -0.2) is 4.68 Å². The van der Waals surface area contributed by atoms with Gasteiger partial charge in [0.2, 0.25) is 5.88 Å². The van der Waals surface area contributed by atoms with Gasteiger partial charge in [0.05, 0.1) is 18.3 Å². The van der Waals surface area contributed by atoms with Crippen molar-refractivity contribution in [2.45, 2.75) is 19.5 Å². The van der Waals surface area contributed by atoms with Crippen molar-refractivity contribution in [1.82, 2.24) is 14.7 Å². The van der Waals surface area contributed by atoms with Gasteiger partial charge in [0.15, 0.2) is 0 Å². The molecule has 0 radical (unpaired) electrons. The third-order valence-electron chi connectivity index (χ3n) is 2.40. The Morgan fingerprint density at radius 3 is 3.08 bits per heavy atom. The Balaban J connectivity index is 2.19. The number of aryl methyl sites for hydroxylation is 1. The molecule has 0 amide bonds. The standard InChI is InChI=1S/C9H15N3O/c1-7-4-9-12(10-7)5-8(6-13-9)11(2)3/h4,8H,5-6H2,1-3H3/t8-/m1/s1. The van der Waals surface area contributed by atoms with Gasteiger partial charge in [0, 0.05) is 6.07 Å². The summed E-state index contributed by atoms with van der Waals surface area (Å²) in [6.07, 6.45) is 0. The highest BCUT2D eigenvalue weighted by Gasteiger charge is 2.21. The summed E-state index contributed by atoms with van der Waals surface area (Å²) in [6.45, 7) is 3.67. The Morgan fingerprint density at radius 2 is 2.38 bits per heavy atom. The van der Waals surface area contributed by atoms with Crippen LogP contribution in [0.25, 0.3) is 0 Å². The molecule has 1 aliphatic rings. The lowest BCUT2D eigenvalue weighted by Gasteiger charge is -2.28. The molecule has 4 nitrogen and oxygen atoms in total. The summed E-state index contributed by atoms with van der Waals surface area (Å²) in [7, 11) is 4.13. The summed E-state index contributed by atoms with van der Waals surface area (Å²) < 4.78 is 7.51. The van der Waals surface area contributed by atoms with E-state index in [1.807, 2.05) is 17.7 Å². The fourth-order valence-electron chi connectivity index (χ4n) is 1.52. The first kappa shape index (κ1) is 8.56. The number of ether oxygens (including phenoxy) is 1. The predicted octanol–water partition coefficient (Wildman–Crippen LogP) is 0.514. The van der Waals surface area contributed by atoms with E-state index >= 15 is 0 Å². The van der Waals surface area contributed by atoms with E-state index in [-0.39, 0.29) is 0 Å². The molecule has 2 heterocycles. The SMILES string of the molecule is Cc1cc2n(n1)C[C@@H](N(C)C)CO2. The molecule has 1 atom stereocenters. The minimum atomic E-state index is 0.437. The van der Waals surface area contributed by atoms with Crippen molar-refractivity contribution in [2.24, 2.45) is 0 Å². The largest absolute Gasteiger partial charge is 0.476 e. The van der Waals surface area contributed by atoms with Crippen LogP contribution in [0.15, 0.2) is 6.07 Å². The fourth-order valence-corrected chi connectivity index (χ4v) is 1.52. The molecule has 0 saturated carbocycles. The monoisotopic (exact) mass is 181 g/mol. The third kappa shape index (κ3) is 1.54. The van der Waals surface area contributed by atoms with Crippen LogP contribution >= 0.6 is 0 Å². The molecular formula is C9H15N3O. The third-order valence-corrected chi connectivity index (χ3v) is 2.40. The van der Waals surface area contributed by atoms with Gasteiger partial charge < -0.3 is 9.64 Å². The zero-order chi connectivity index (χ0) is 9.42. The zero-order valence-electron chi connectivity index (χ0n) is 8.32. The lowest BCUT2D eigenvalue weighted by Crippen LogP contribution is -2.40. The van der Waals surface area contributed by atoms with E-state index in [9.17, 15) is 0 Å². The summed E-state index contributed by atoms with van der Waals surface area (Å²) in [5, 5.41) is 4.35. The van der Waals surface area contributed by atoms with Gasteiger partial charge >= 0.3 is 0 Å². The highest BCUT2D eigenvalue weighted by atomic mass is 16.5. The predicted molar refractivity (Wildman–Crippen MR) is 49.9 cm³/mol. The lowest BCUT2D eigenvalue weighted by atomic mass is 10.2. The van der Waals surface area contributed by atoms with Crippen molar-refractivity contribution in [3.8, 4) is 5.88 Å². The van der Waals surface area contributed by atoms with E-state index in [2.05, 4.69) is 24.1 Å². The molecule has 0 aliphatic carbocycles. The molecule has 13 heavy (non-hydrogen) atoms. The normalized spacial score (nSPS) is 21.4. The maximum Gasteiger partial charge on any atom is 0.212 e. The second-order valence-electron chi connectivity index (χ2n) is 3.73. The van der Waals surface area contributed by atoms with Gasteiger partial charge in [-0.1, -0.05) is 0 Å². The quantitative estimate of drug-likeness (QED) is 0.632. The summed E-state index contributed by atoms with van der Waals surface area (Å²) in [4.78, 5) is 2.17. The van der Waals surface area contributed by atoms with E-state index < -0.39 is 0 Å². The van der Waals surface area contributed by atoms with Gasteiger partial charge in [0.1, 0.15) is 6.61 Å². The van der Waals surface area contributed by atoms with Crippen molar-refractivity contribution in [3.63, 3.8) is 0 Å². The van der Waals surface area contributed by atoms with Crippen molar-refractivity contribution in [3.05, 3.63) is 11.8 Å². The van der Waals surface area contributed by atoms with E-state index in [4.69, 9.17) is 4.74 Å². The van der Waals surface area contributed by atoms with Crippen LogP contribution in [-0.2, 0) is 6.54 Å². The molecule has 1 aromatic rings. The van der Waals surface area contributed by atoms with Crippen LogP contribution in [0.4, 0.5) is 0 Å². The van der Waals surface area contributed by atoms with Crippen LogP contribution in [-0.4, -0.2) is 41.4 Å². The average Bonchev–Trinajstić information content (AvgIpc) is 2.42. The number of nitrogens with zero attached hydrogens (tertiary/aromatic N) is 3. The first-order valence-electron chi connectivity index (χ1n) is 4.50. The second-order valence-corrected chi connectivity index (χ2v) is 3.73. The van der Waals surface area contributed by atoms with Crippen LogP contribution < -0.4 is 4.74 Å². The Hall–Kier alpha value is -1.03. The molecule has 0 aromatic carbocycles. The number of likely N-dealkylation sites (N-methyl/N-ethyl adjacent to an activating group) is 1. The lowest BCUT2D eigenvalue weighted by molar-refractivity contribution is 0.120. The highest BCUT2D eigenvalue weighted by Crippen LogP contribution is 2.19. The Kier molecular flexibility index (Phi) is 2.00. The number of hydrogen-bond acceptors (Lipinski definition) is 3. The van der Waals surface area contributed by atoms with Gasteiger partial charge in [-0.15, -0.1) is 0 Å². The van der Waals surface area contributed by atoms with Crippen molar-refractivity contribution in [2.75, 3.05) is 20.7 Å². The second kappa shape index (κ2) is 3.03. The van der Waals surface area contributed by atoms with E-state index in [0.717, 1.165) is 24.7 Å². The molecular weight excluding hydrogens is 166 g/mol. The summed E-state index contributed by atoms with van der Waals surface area (Å²) in [5.41, 5.74) is 1.02. The number of fused-ring (bicyclic) bond motifs is 1. The van der Waals surface area contributed by atoms with Gasteiger partial charge in [-0.3, -0.25) is 0 Å². The molecule has 0 unspecified atom stereocenters. The topological polar surface area (TPSA) is 30.3 Å². The Morgan fingerprint density at radius 1 is 1.62 bits per heavy atom. The Labute approximate surface area is 78.1 Å². The number of hydrogen-bond donors (Lipinski definition) is 0. The van der Waals surface area contributed by atoms with Crippen molar-refractivity contribution < 1.29 is 4.74 Å². The minimum Gasteiger partial charge on any atom is -0.476 e. The van der Waals surface area contributed by atoms with Crippen LogP contribution in [0, 0.1) is 6.92 Å². The van der Waals surface area contributed by atoms with Gasteiger partial charge in [-0.2, -0.15) is 5.10 Å². The maximum absolute atomic E-state index is 5.58. The van der Waals surface area contributed by atoms with Crippen LogP contribution in [0.5, 0.6) is 5.88 Å². The van der Waals surface area contributed by atoms with Gasteiger partial charge in [-0.05, 0) is 21.0 Å². The molecule has 0 N–H and O–H groups in total. The summed E-state index contributed by atoms with van der Waals surface area (Å²) >= 11 is 0. The van der Waals surface area contributed by atoms with Crippen molar-refractivity contribution in [1.29, 1.82) is 0 Å². The van der Waals surface area contributed by atoms with Crippen molar-refractivity contribution >= 4 is 0 Å². The van der Waals surface area contributed by atoms with E-state index in [1.165, 1.54) is 0 Å². The van der Waals surface area contributed by atoms with Crippen LogP contribution in [0.3, 0.4) is 0 Å². The average molecular weight is 181 g/mol. The molecule has 1 aromatic heterocycles. The first-order chi connectivity index (χ1) is 6.16. The van der Waals surface area contributed by atoms with E-state index in [1.54, 1.807) is 0 Å². The molecule has 4 heteroatoms. The van der Waals surface area contributed by atoms with Gasteiger partial charge in [0.25, 0.3) is 0 Å². The minimum absolute atomic E-state index is 0.437. The highest BCUT2D eigenvalue weighted by molar-refractivity contribution is 5.16. The maximum atomic E-state index is 5.58. The Bertz CT molecular complexity index is 306. The summed E-state index contributed by atoms with van der Waals surface area (Å²) in [5.74, 6) is 0.899. The molecule has 1 aliphatic heterocycles. The first-order valence-corrected chi connectivity index (χ1v) is 4.50. The van der Waals surface area contributed by atoms with Crippen LogP contribution in [0.1, 0.15) is 5.69 Å². The van der Waals surface area contributed by atoms with Crippen LogP contribution in [0.2, 0.25) is 0 Å². The molecule has 0 fully saturated rings. The number of aromatic nitrogens is 2. The molecule has 2 rings (SSSR count). The number of rotatable bonds is 1.